The number of likely N-dealkylation sites (tertiary alicyclic amines) is 1. The summed E-state index contributed by atoms with van der Waals surface area (Å²) in [5.74, 6) is 0. The molecule has 0 saturated carbocycles. The summed E-state index contributed by atoms with van der Waals surface area (Å²) in [6.45, 7) is 11.8. The van der Waals surface area contributed by atoms with Crippen LogP contribution in [0.2, 0.25) is 0 Å². The van der Waals surface area contributed by atoms with Crippen molar-refractivity contribution in [3.8, 4) is 0 Å². The first-order valence-electron chi connectivity index (χ1n) is 8.53. The summed E-state index contributed by atoms with van der Waals surface area (Å²) >= 11 is 0. The maximum absolute atomic E-state index is 6.40. The van der Waals surface area contributed by atoms with E-state index in [1.807, 2.05) is 0 Å². The van der Waals surface area contributed by atoms with E-state index < -0.39 is 8.80 Å². The van der Waals surface area contributed by atoms with Gasteiger partial charge in [0.05, 0.1) is 24.5 Å². The highest BCUT2D eigenvalue weighted by atomic mass is 28.4. The largest absolute Gasteiger partial charge is 0.516 e. The molecule has 4 heterocycles. The molecule has 122 valence electrons. The summed E-state index contributed by atoms with van der Waals surface area (Å²) in [4.78, 5) is 4.92. The fourth-order valence-electron chi connectivity index (χ4n) is 3.93. The van der Waals surface area contributed by atoms with Crippen LogP contribution in [0, 0.1) is 0 Å². The second-order valence-electron chi connectivity index (χ2n) is 7.02. The van der Waals surface area contributed by atoms with Crippen molar-refractivity contribution in [3.05, 3.63) is 0 Å². The third-order valence-corrected chi connectivity index (χ3v) is 7.67. The van der Waals surface area contributed by atoms with Gasteiger partial charge in [0.2, 0.25) is 0 Å². The molecule has 4 rings (SSSR count). The molecule has 0 amide bonds. The van der Waals surface area contributed by atoms with Gasteiger partial charge in [0, 0.05) is 19.6 Å². The van der Waals surface area contributed by atoms with E-state index in [4.69, 9.17) is 13.3 Å². The molecule has 2 bridgehead atoms. The van der Waals surface area contributed by atoms with Gasteiger partial charge in [-0.15, -0.1) is 0 Å². The maximum atomic E-state index is 6.40. The molecule has 21 heavy (non-hydrogen) atoms. The van der Waals surface area contributed by atoms with Crippen molar-refractivity contribution < 1.29 is 13.3 Å². The average Bonchev–Trinajstić information content (AvgIpc) is 2.35. The van der Waals surface area contributed by atoms with Gasteiger partial charge in [-0.2, -0.15) is 0 Å². The number of piperidine rings is 1. The molecule has 5 nitrogen and oxygen atoms in total. The fraction of sp³-hybridized carbons (Fsp3) is 1.00. The van der Waals surface area contributed by atoms with Gasteiger partial charge in [0.15, 0.2) is 0 Å². The Labute approximate surface area is 129 Å². The van der Waals surface area contributed by atoms with E-state index in [9.17, 15) is 0 Å². The zero-order valence-corrected chi connectivity index (χ0v) is 14.7. The lowest BCUT2D eigenvalue weighted by molar-refractivity contribution is -0.0842. The molecule has 0 aliphatic carbocycles. The highest BCUT2D eigenvalue weighted by molar-refractivity contribution is 6.61. The third kappa shape index (κ3) is 4.06. The molecule has 0 radical (unpaired) electrons. The Morgan fingerprint density at radius 3 is 1.76 bits per heavy atom. The molecule has 0 spiro atoms. The predicted molar refractivity (Wildman–Crippen MR) is 84.1 cm³/mol. The van der Waals surface area contributed by atoms with E-state index in [2.05, 4.69) is 30.6 Å². The minimum Gasteiger partial charge on any atom is -0.369 e. The smallest absolute Gasteiger partial charge is 0.369 e. The molecule has 3 atom stereocenters. The lowest BCUT2D eigenvalue weighted by atomic mass is 10.1. The van der Waals surface area contributed by atoms with Crippen LogP contribution in [0.3, 0.4) is 0 Å². The Balaban J connectivity index is 1.78. The zero-order chi connectivity index (χ0) is 14.9. The molecular weight excluding hydrogens is 284 g/mol. The fourth-order valence-corrected chi connectivity index (χ4v) is 7.25. The molecule has 4 fully saturated rings. The van der Waals surface area contributed by atoms with E-state index in [-0.39, 0.29) is 18.3 Å². The minimum absolute atomic E-state index is 0.196. The molecule has 4 saturated heterocycles. The van der Waals surface area contributed by atoms with Crippen LogP contribution in [0.1, 0.15) is 40.0 Å². The summed E-state index contributed by atoms with van der Waals surface area (Å²) in [5, 5.41) is 0. The summed E-state index contributed by atoms with van der Waals surface area (Å²) in [6.07, 6.45) is 5.39. The molecule has 4 aliphatic heterocycles. The monoisotopic (exact) mass is 314 g/mol. The van der Waals surface area contributed by atoms with Crippen LogP contribution in [-0.2, 0) is 13.3 Å². The van der Waals surface area contributed by atoms with E-state index >= 15 is 0 Å². The van der Waals surface area contributed by atoms with Crippen molar-refractivity contribution in [2.75, 3.05) is 38.9 Å². The summed E-state index contributed by atoms with van der Waals surface area (Å²) in [7, 11) is -2.60. The molecule has 0 aromatic carbocycles. The molecule has 0 aromatic heterocycles. The first-order valence-corrected chi connectivity index (χ1v) is 10.5. The topological polar surface area (TPSA) is 34.2 Å². The first-order chi connectivity index (χ1) is 10.0. The molecule has 6 heteroatoms. The second-order valence-corrected chi connectivity index (χ2v) is 9.41. The molecule has 0 N–H and O–H groups in total. The Bertz CT molecular complexity index is 316. The van der Waals surface area contributed by atoms with Crippen molar-refractivity contribution in [1.82, 2.24) is 9.80 Å². The van der Waals surface area contributed by atoms with Crippen molar-refractivity contribution in [1.29, 1.82) is 0 Å². The van der Waals surface area contributed by atoms with E-state index in [0.717, 1.165) is 38.9 Å². The number of fused-ring (bicyclic) bond motifs is 6. The van der Waals surface area contributed by atoms with Crippen LogP contribution >= 0.6 is 0 Å². The molecular formula is C15H30N2O3Si. The molecule has 3 unspecified atom stereocenters. The van der Waals surface area contributed by atoms with Crippen LogP contribution in [0.25, 0.3) is 0 Å². The Kier molecular flexibility index (Phi) is 5.03. The van der Waals surface area contributed by atoms with Gasteiger partial charge in [-0.05, 0) is 46.7 Å². The normalized spacial score (nSPS) is 45.9. The molecule has 4 aliphatic rings. The summed E-state index contributed by atoms with van der Waals surface area (Å²) < 4.78 is 19.2. The molecule has 0 aromatic rings. The Morgan fingerprint density at radius 2 is 1.29 bits per heavy atom. The van der Waals surface area contributed by atoms with Crippen LogP contribution in [0.4, 0.5) is 0 Å². The average molecular weight is 315 g/mol. The SMILES string of the molecule is CC1CN2CC(C)O[Si](CN3CCCCC3)(O1)OC(C)C2. The highest BCUT2D eigenvalue weighted by Crippen LogP contribution is 2.26. The van der Waals surface area contributed by atoms with Gasteiger partial charge in [-0.3, -0.25) is 9.80 Å². The van der Waals surface area contributed by atoms with Crippen LogP contribution in [-0.4, -0.2) is 75.8 Å². The standard InChI is InChI=1S/C15H30N2O3Si/c1-13-9-17-10-14(2)19-21(18-13,20-15(3)11-17)12-16-7-5-4-6-8-16/h13-15H,4-12H2,1-3H3. The van der Waals surface area contributed by atoms with Gasteiger partial charge in [0.1, 0.15) is 0 Å². The van der Waals surface area contributed by atoms with E-state index in [1.165, 1.54) is 19.3 Å². The summed E-state index contributed by atoms with van der Waals surface area (Å²) in [5.41, 5.74) is 0. The van der Waals surface area contributed by atoms with Gasteiger partial charge in [0.25, 0.3) is 0 Å². The van der Waals surface area contributed by atoms with E-state index in [0.29, 0.717) is 0 Å². The highest BCUT2D eigenvalue weighted by Gasteiger charge is 2.50. The predicted octanol–water partition coefficient (Wildman–Crippen LogP) is 1.49. The quantitative estimate of drug-likeness (QED) is 0.722. The lowest BCUT2D eigenvalue weighted by Gasteiger charge is -2.46. The van der Waals surface area contributed by atoms with Gasteiger partial charge in [-0.1, -0.05) is 6.42 Å². The van der Waals surface area contributed by atoms with Crippen LogP contribution in [0.15, 0.2) is 0 Å². The van der Waals surface area contributed by atoms with Crippen molar-refractivity contribution in [2.24, 2.45) is 0 Å². The zero-order valence-electron chi connectivity index (χ0n) is 13.7. The second kappa shape index (κ2) is 6.64. The number of nitrogens with zero attached hydrogens (tertiary/aromatic N) is 2. The van der Waals surface area contributed by atoms with Crippen LogP contribution < -0.4 is 0 Å². The maximum Gasteiger partial charge on any atom is 0.516 e. The number of hydrogen-bond donors (Lipinski definition) is 0. The number of hydrogen-bond acceptors (Lipinski definition) is 5. The van der Waals surface area contributed by atoms with Crippen molar-refractivity contribution >= 4 is 8.80 Å². The minimum atomic E-state index is -2.60. The Hall–Kier alpha value is 0.0169. The number of rotatable bonds is 2. The van der Waals surface area contributed by atoms with Crippen molar-refractivity contribution in [3.63, 3.8) is 0 Å². The Morgan fingerprint density at radius 1 is 0.810 bits per heavy atom. The lowest BCUT2D eigenvalue weighted by Crippen LogP contribution is -2.65. The van der Waals surface area contributed by atoms with E-state index in [1.54, 1.807) is 0 Å². The van der Waals surface area contributed by atoms with Crippen molar-refractivity contribution in [2.45, 2.75) is 58.3 Å². The summed E-state index contributed by atoms with van der Waals surface area (Å²) in [6, 6.07) is 0. The van der Waals surface area contributed by atoms with Crippen LogP contribution in [0.5, 0.6) is 0 Å². The third-order valence-electron chi connectivity index (χ3n) is 4.55. The van der Waals surface area contributed by atoms with Gasteiger partial charge >= 0.3 is 8.80 Å². The first kappa shape index (κ1) is 15.9. The van der Waals surface area contributed by atoms with Gasteiger partial charge < -0.3 is 13.3 Å². The van der Waals surface area contributed by atoms with Gasteiger partial charge in [-0.25, -0.2) is 0 Å².